The maximum Gasteiger partial charge on any atom is 0.330 e. The largest absolute Gasteiger partial charge is 0.457 e. The number of fused-ring (bicyclic) bond motifs is 11. The van der Waals surface area contributed by atoms with Gasteiger partial charge in [0, 0.05) is 16.5 Å². The fourth-order valence-corrected chi connectivity index (χ4v) is 6.30. The Labute approximate surface area is 241 Å². The van der Waals surface area contributed by atoms with Gasteiger partial charge in [-0.2, -0.15) is 5.26 Å². The molecule has 41 heavy (non-hydrogen) atoms. The number of aliphatic hydroxyl groups is 1. The average molecular weight is 534 g/mol. The molecule has 0 atom stereocenters. The second-order valence-electron chi connectivity index (χ2n) is 12.0. The van der Waals surface area contributed by atoms with E-state index in [1.165, 1.54) is 0 Å². The first kappa shape index (κ1) is 25.6. The molecule has 0 aromatic heterocycles. The first-order valence-electron chi connectivity index (χ1n) is 13.9. The number of para-hydroxylation sites is 2. The van der Waals surface area contributed by atoms with Gasteiger partial charge in [-0.05, 0) is 73.5 Å². The minimum absolute atomic E-state index is 0.648. The number of hydrogen-bond acceptors (Lipinski definition) is 4. The molecule has 1 heterocycles. The molecule has 1 N–H and O–H groups in total. The summed E-state index contributed by atoms with van der Waals surface area (Å²) in [6.07, 6.45) is 0. The molecular weight excluding hydrogens is 505 g/mol. The fraction of sp³-hybridized carbons (Fsp3) is 0.194. The molecule has 1 aliphatic carbocycles. The van der Waals surface area contributed by atoms with E-state index in [1.54, 1.807) is 21.3 Å². The third-order valence-electron chi connectivity index (χ3n) is 9.05. The molecule has 5 aromatic carbocycles. The molecule has 4 nitrogen and oxygen atoms in total. The van der Waals surface area contributed by atoms with Gasteiger partial charge in [-0.25, -0.2) is 0 Å². The molecular formula is C36H29BNO3. The van der Waals surface area contributed by atoms with Crippen LogP contribution in [0.3, 0.4) is 0 Å². The van der Waals surface area contributed by atoms with Crippen molar-refractivity contribution < 1.29 is 14.5 Å². The van der Waals surface area contributed by atoms with Crippen molar-refractivity contribution in [3.63, 3.8) is 0 Å². The van der Waals surface area contributed by atoms with Crippen molar-refractivity contribution in [2.75, 3.05) is 0 Å². The van der Waals surface area contributed by atoms with Crippen LogP contribution in [0, 0.1) is 11.3 Å². The predicted octanol–water partition coefficient (Wildman–Crippen LogP) is 6.99. The molecule has 5 heteroatoms. The molecule has 0 saturated heterocycles. The number of ether oxygens (including phenoxy) is 1. The van der Waals surface area contributed by atoms with Crippen LogP contribution < -0.4 is 10.2 Å². The highest BCUT2D eigenvalue weighted by atomic mass is 16.5. The summed E-state index contributed by atoms with van der Waals surface area (Å²) >= 11 is 0. The molecule has 0 bridgehead atoms. The molecule has 0 amide bonds. The van der Waals surface area contributed by atoms with Crippen molar-refractivity contribution in [2.45, 2.75) is 44.3 Å². The minimum Gasteiger partial charge on any atom is -0.457 e. The number of nitriles is 1. The quantitative estimate of drug-likeness (QED) is 0.247. The van der Waals surface area contributed by atoms with E-state index in [0.717, 1.165) is 61.1 Å². The standard InChI is InChI=1S/C36H29BNO3/c1-34(2,39)35(3,4)41-37-23-17-18-26-29(20-23)36(30-19-22(21-38)24-11-5-6-12-25(24)33(26)30)27-13-7-9-15-31(27)40-32-16-10-8-14-28(32)36/h5-20,39H,1-4H3. The van der Waals surface area contributed by atoms with E-state index in [2.05, 4.69) is 48.5 Å². The van der Waals surface area contributed by atoms with E-state index in [1.807, 2.05) is 68.4 Å². The van der Waals surface area contributed by atoms with Gasteiger partial charge < -0.3 is 14.5 Å². The lowest BCUT2D eigenvalue weighted by Gasteiger charge is -2.39. The minimum atomic E-state index is -1.04. The zero-order valence-corrected chi connectivity index (χ0v) is 23.5. The fourth-order valence-electron chi connectivity index (χ4n) is 6.30. The third kappa shape index (κ3) is 3.55. The molecule has 2 aliphatic rings. The van der Waals surface area contributed by atoms with Crippen molar-refractivity contribution in [3.8, 4) is 28.7 Å². The first-order valence-corrected chi connectivity index (χ1v) is 13.9. The van der Waals surface area contributed by atoms with Crippen LogP contribution in [0.1, 0.15) is 55.5 Å². The van der Waals surface area contributed by atoms with Crippen LogP contribution in [-0.4, -0.2) is 23.8 Å². The Hall–Kier alpha value is -4.37. The van der Waals surface area contributed by atoms with Crippen molar-refractivity contribution >= 4 is 23.7 Å². The molecule has 0 unspecified atom stereocenters. The highest BCUT2D eigenvalue weighted by Crippen LogP contribution is 2.63. The second kappa shape index (κ2) is 8.82. The van der Waals surface area contributed by atoms with E-state index in [-0.39, 0.29) is 0 Å². The van der Waals surface area contributed by atoms with Crippen molar-refractivity contribution in [3.05, 3.63) is 125 Å². The highest BCUT2D eigenvalue weighted by molar-refractivity contribution is 6.47. The van der Waals surface area contributed by atoms with Gasteiger partial charge in [-0.1, -0.05) is 84.3 Å². The monoisotopic (exact) mass is 534 g/mol. The van der Waals surface area contributed by atoms with Gasteiger partial charge in [-0.15, -0.1) is 0 Å². The SMILES string of the molecule is CC(C)(O)C(C)(C)O[B]c1ccc2c(c1)C1(c3ccccc3Oc3ccccc31)c1cc(C#N)c3ccccc3c1-2. The summed E-state index contributed by atoms with van der Waals surface area (Å²) in [4.78, 5) is 0. The molecule has 1 aliphatic heterocycles. The Morgan fingerprint density at radius 1 is 0.756 bits per heavy atom. The van der Waals surface area contributed by atoms with Crippen molar-refractivity contribution in [2.24, 2.45) is 0 Å². The number of nitrogens with zero attached hydrogens (tertiary/aromatic N) is 1. The normalized spacial score (nSPS) is 14.4. The van der Waals surface area contributed by atoms with Crippen molar-refractivity contribution in [1.29, 1.82) is 5.26 Å². The lowest BCUT2D eigenvalue weighted by atomic mass is 9.65. The topological polar surface area (TPSA) is 62.5 Å². The first-order chi connectivity index (χ1) is 19.7. The number of rotatable bonds is 4. The van der Waals surface area contributed by atoms with Crippen LogP contribution in [0.4, 0.5) is 0 Å². The molecule has 0 fully saturated rings. The van der Waals surface area contributed by atoms with Crippen LogP contribution in [0.25, 0.3) is 21.9 Å². The van der Waals surface area contributed by atoms with Gasteiger partial charge in [0.05, 0.1) is 28.2 Å². The van der Waals surface area contributed by atoms with Gasteiger partial charge in [0.2, 0.25) is 0 Å². The predicted molar refractivity (Wildman–Crippen MR) is 163 cm³/mol. The Kier molecular flexibility index (Phi) is 5.50. The van der Waals surface area contributed by atoms with Gasteiger partial charge in [-0.3, -0.25) is 0 Å². The van der Waals surface area contributed by atoms with Crippen LogP contribution >= 0.6 is 0 Å². The van der Waals surface area contributed by atoms with Crippen LogP contribution in [0.15, 0.2) is 97.1 Å². The molecule has 7 rings (SSSR count). The Morgan fingerprint density at radius 3 is 2.00 bits per heavy atom. The summed E-state index contributed by atoms with van der Waals surface area (Å²) < 4.78 is 12.7. The van der Waals surface area contributed by atoms with Crippen molar-refractivity contribution in [1.82, 2.24) is 0 Å². The van der Waals surface area contributed by atoms with Crippen LogP contribution in [0.5, 0.6) is 11.5 Å². The van der Waals surface area contributed by atoms with Crippen LogP contribution in [0.2, 0.25) is 0 Å². The lowest BCUT2D eigenvalue weighted by molar-refractivity contribution is -0.0893. The average Bonchev–Trinajstić information content (AvgIpc) is 3.25. The number of benzene rings is 5. The molecule has 0 saturated carbocycles. The Morgan fingerprint density at radius 2 is 1.37 bits per heavy atom. The number of hydrogen-bond donors (Lipinski definition) is 1. The highest BCUT2D eigenvalue weighted by Gasteiger charge is 2.52. The molecule has 1 radical (unpaired) electrons. The lowest BCUT2D eigenvalue weighted by Crippen LogP contribution is -2.49. The summed E-state index contributed by atoms with van der Waals surface area (Å²) in [5.74, 6) is 1.59. The maximum atomic E-state index is 10.7. The molecule has 1 spiro atoms. The Bertz CT molecular complexity index is 1870. The van der Waals surface area contributed by atoms with E-state index in [4.69, 9.17) is 9.39 Å². The summed E-state index contributed by atoms with van der Waals surface area (Å²) in [6, 6.07) is 35.5. The van der Waals surface area contributed by atoms with Gasteiger partial charge >= 0.3 is 7.48 Å². The van der Waals surface area contributed by atoms with E-state index < -0.39 is 16.6 Å². The second-order valence-corrected chi connectivity index (χ2v) is 12.0. The Balaban J connectivity index is 1.57. The van der Waals surface area contributed by atoms with Gasteiger partial charge in [0.15, 0.2) is 0 Å². The summed E-state index contributed by atoms with van der Waals surface area (Å²) in [5.41, 5.74) is 5.48. The van der Waals surface area contributed by atoms with E-state index in [9.17, 15) is 10.4 Å². The third-order valence-corrected chi connectivity index (χ3v) is 9.05. The van der Waals surface area contributed by atoms with Gasteiger partial charge in [0.1, 0.15) is 11.5 Å². The molecule has 199 valence electrons. The smallest absolute Gasteiger partial charge is 0.330 e. The summed E-state index contributed by atoms with van der Waals surface area (Å²) in [7, 11) is 1.74. The molecule has 5 aromatic rings. The maximum absolute atomic E-state index is 10.7. The van der Waals surface area contributed by atoms with Gasteiger partial charge in [0.25, 0.3) is 0 Å². The van der Waals surface area contributed by atoms with Crippen LogP contribution in [-0.2, 0) is 10.1 Å². The van der Waals surface area contributed by atoms with E-state index >= 15 is 0 Å². The zero-order valence-electron chi connectivity index (χ0n) is 23.5. The van der Waals surface area contributed by atoms with E-state index in [0.29, 0.717) is 5.56 Å². The summed E-state index contributed by atoms with van der Waals surface area (Å²) in [6.45, 7) is 7.27. The summed E-state index contributed by atoms with van der Waals surface area (Å²) in [5, 5.41) is 23.0. The zero-order chi connectivity index (χ0) is 28.6.